The first-order valence-corrected chi connectivity index (χ1v) is 6.44. The van der Waals surface area contributed by atoms with E-state index in [4.69, 9.17) is 9.15 Å². The average molecular weight is 239 g/mol. The van der Waals surface area contributed by atoms with Gasteiger partial charge >= 0.3 is 0 Å². The molecule has 0 radical (unpaired) electrons. The number of nitrogens with one attached hydrogen (secondary N) is 1. The van der Waals surface area contributed by atoms with Crippen molar-refractivity contribution >= 4 is 0 Å². The highest BCUT2D eigenvalue weighted by atomic mass is 16.5. The summed E-state index contributed by atoms with van der Waals surface area (Å²) in [6.45, 7) is 2.95. The van der Waals surface area contributed by atoms with Gasteiger partial charge in [-0.15, -0.1) is 10.2 Å². The molecule has 1 saturated heterocycles. The predicted molar refractivity (Wildman–Crippen MR) is 63.7 cm³/mol. The highest BCUT2D eigenvalue weighted by molar-refractivity contribution is 4.90. The second-order valence-electron chi connectivity index (χ2n) is 4.48. The van der Waals surface area contributed by atoms with Crippen LogP contribution in [0.1, 0.15) is 50.4 Å². The summed E-state index contributed by atoms with van der Waals surface area (Å²) in [5, 5.41) is 11.3. The SMILES string of the molecule is CCC(NC)c1nnc(CC2CCCCO2)o1. The predicted octanol–water partition coefficient (Wildman–Crippen LogP) is 1.85. The number of hydrogen-bond acceptors (Lipinski definition) is 5. The van der Waals surface area contributed by atoms with E-state index in [-0.39, 0.29) is 12.1 Å². The van der Waals surface area contributed by atoms with Gasteiger partial charge in [0.1, 0.15) is 0 Å². The third-order valence-electron chi connectivity index (χ3n) is 3.21. The molecule has 0 aliphatic carbocycles. The molecule has 5 heteroatoms. The maximum atomic E-state index is 5.67. The van der Waals surface area contributed by atoms with Gasteiger partial charge in [0.25, 0.3) is 0 Å². The molecule has 2 atom stereocenters. The minimum Gasteiger partial charge on any atom is -0.423 e. The van der Waals surface area contributed by atoms with Gasteiger partial charge in [0, 0.05) is 6.61 Å². The zero-order valence-corrected chi connectivity index (χ0v) is 10.6. The lowest BCUT2D eigenvalue weighted by Gasteiger charge is -2.20. The Labute approximate surface area is 102 Å². The van der Waals surface area contributed by atoms with Crippen LogP contribution >= 0.6 is 0 Å². The van der Waals surface area contributed by atoms with Crippen molar-refractivity contribution in [2.24, 2.45) is 0 Å². The first-order chi connectivity index (χ1) is 8.33. The fourth-order valence-electron chi connectivity index (χ4n) is 2.16. The molecule has 5 nitrogen and oxygen atoms in total. The van der Waals surface area contributed by atoms with Crippen LogP contribution in [0, 0.1) is 0 Å². The van der Waals surface area contributed by atoms with E-state index in [1.165, 1.54) is 12.8 Å². The molecule has 0 saturated carbocycles. The Morgan fingerprint density at radius 2 is 2.29 bits per heavy atom. The molecule has 2 rings (SSSR count). The van der Waals surface area contributed by atoms with Gasteiger partial charge in [0.05, 0.1) is 18.6 Å². The molecule has 0 amide bonds. The number of nitrogens with zero attached hydrogens (tertiary/aromatic N) is 2. The lowest BCUT2D eigenvalue weighted by Crippen LogP contribution is -2.21. The Morgan fingerprint density at radius 3 is 2.94 bits per heavy atom. The molecule has 1 fully saturated rings. The molecule has 17 heavy (non-hydrogen) atoms. The van der Waals surface area contributed by atoms with E-state index in [1.807, 2.05) is 7.05 Å². The Morgan fingerprint density at radius 1 is 1.41 bits per heavy atom. The van der Waals surface area contributed by atoms with Crippen molar-refractivity contribution in [1.82, 2.24) is 15.5 Å². The minimum absolute atomic E-state index is 0.156. The zero-order chi connectivity index (χ0) is 12.1. The second-order valence-corrected chi connectivity index (χ2v) is 4.48. The molecule has 1 aliphatic heterocycles. The quantitative estimate of drug-likeness (QED) is 0.849. The molecular weight excluding hydrogens is 218 g/mol. The van der Waals surface area contributed by atoms with Crippen molar-refractivity contribution in [2.45, 2.75) is 51.2 Å². The summed E-state index contributed by atoms with van der Waals surface area (Å²) in [5.41, 5.74) is 0. The maximum Gasteiger partial charge on any atom is 0.233 e. The van der Waals surface area contributed by atoms with E-state index in [1.54, 1.807) is 0 Å². The monoisotopic (exact) mass is 239 g/mol. The Bertz CT molecular complexity index is 330. The first kappa shape index (κ1) is 12.5. The largest absolute Gasteiger partial charge is 0.423 e. The van der Waals surface area contributed by atoms with Crippen LogP contribution in [-0.2, 0) is 11.2 Å². The molecular formula is C12H21N3O2. The van der Waals surface area contributed by atoms with Gasteiger partial charge in [-0.05, 0) is 32.7 Å². The Kier molecular flexibility index (Phi) is 4.50. The third-order valence-corrected chi connectivity index (χ3v) is 3.21. The topological polar surface area (TPSA) is 60.2 Å². The summed E-state index contributed by atoms with van der Waals surface area (Å²) in [4.78, 5) is 0. The molecule has 1 aliphatic rings. The lowest BCUT2D eigenvalue weighted by molar-refractivity contribution is 0.0130. The molecule has 0 spiro atoms. The summed E-state index contributed by atoms with van der Waals surface area (Å²) >= 11 is 0. The van der Waals surface area contributed by atoms with Crippen LogP contribution < -0.4 is 5.32 Å². The molecule has 96 valence electrons. The number of ether oxygens (including phenoxy) is 1. The van der Waals surface area contributed by atoms with Crippen LogP contribution in [0.25, 0.3) is 0 Å². The van der Waals surface area contributed by atoms with Crippen molar-refractivity contribution in [3.05, 3.63) is 11.8 Å². The van der Waals surface area contributed by atoms with E-state index in [9.17, 15) is 0 Å². The summed E-state index contributed by atoms with van der Waals surface area (Å²) in [6, 6.07) is 0.156. The van der Waals surface area contributed by atoms with E-state index in [0.29, 0.717) is 11.8 Å². The van der Waals surface area contributed by atoms with Crippen molar-refractivity contribution in [3.63, 3.8) is 0 Å². The van der Waals surface area contributed by atoms with Crippen LogP contribution in [0.2, 0.25) is 0 Å². The van der Waals surface area contributed by atoms with Gasteiger partial charge in [0.2, 0.25) is 11.8 Å². The van der Waals surface area contributed by atoms with Gasteiger partial charge < -0.3 is 14.5 Å². The van der Waals surface area contributed by atoms with Gasteiger partial charge in [0.15, 0.2) is 0 Å². The molecule has 0 bridgehead atoms. The Hall–Kier alpha value is -0.940. The minimum atomic E-state index is 0.156. The van der Waals surface area contributed by atoms with Crippen LogP contribution in [-0.4, -0.2) is 30.0 Å². The molecule has 2 unspecified atom stereocenters. The Balaban J connectivity index is 1.93. The van der Waals surface area contributed by atoms with Gasteiger partial charge in [-0.1, -0.05) is 6.92 Å². The maximum absolute atomic E-state index is 5.67. The van der Waals surface area contributed by atoms with E-state index < -0.39 is 0 Å². The van der Waals surface area contributed by atoms with Gasteiger partial charge in [-0.25, -0.2) is 0 Å². The highest BCUT2D eigenvalue weighted by Gasteiger charge is 2.20. The first-order valence-electron chi connectivity index (χ1n) is 6.44. The number of aromatic nitrogens is 2. The summed E-state index contributed by atoms with van der Waals surface area (Å²) in [5.74, 6) is 1.38. The second kappa shape index (κ2) is 6.12. The van der Waals surface area contributed by atoms with Gasteiger partial charge in [-0.2, -0.15) is 0 Å². The zero-order valence-electron chi connectivity index (χ0n) is 10.6. The van der Waals surface area contributed by atoms with E-state index in [0.717, 1.165) is 25.9 Å². The molecule has 2 heterocycles. The third kappa shape index (κ3) is 3.26. The van der Waals surface area contributed by atoms with Crippen LogP contribution in [0.4, 0.5) is 0 Å². The fourth-order valence-corrected chi connectivity index (χ4v) is 2.16. The highest BCUT2D eigenvalue weighted by Crippen LogP contribution is 2.19. The van der Waals surface area contributed by atoms with Crippen molar-refractivity contribution in [1.29, 1.82) is 0 Å². The van der Waals surface area contributed by atoms with Crippen LogP contribution in [0.15, 0.2) is 4.42 Å². The standard InChI is InChI=1S/C12H21N3O2/c1-3-10(13-2)12-15-14-11(17-12)8-9-6-4-5-7-16-9/h9-10,13H,3-8H2,1-2H3. The van der Waals surface area contributed by atoms with Crippen molar-refractivity contribution < 1.29 is 9.15 Å². The number of rotatable bonds is 5. The number of hydrogen-bond donors (Lipinski definition) is 1. The average Bonchev–Trinajstić information content (AvgIpc) is 2.81. The van der Waals surface area contributed by atoms with Crippen LogP contribution in [0.3, 0.4) is 0 Å². The van der Waals surface area contributed by atoms with Gasteiger partial charge in [-0.3, -0.25) is 0 Å². The van der Waals surface area contributed by atoms with Crippen molar-refractivity contribution in [3.8, 4) is 0 Å². The summed E-state index contributed by atoms with van der Waals surface area (Å²) in [6.07, 6.45) is 5.45. The van der Waals surface area contributed by atoms with Crippen molar-refractivity contribution in [2.75, 3.05) is 13.7 Å². The fraction of sp³-hybridized carbons (Fsp3) is 0.833. The van der Waals surface area contributed by atoms with E-state index in [2.05, 4.69) is 22.4 Å². The van der Waals surface area contributed by atoms with Crippen LogP contribution in [0.5, 0.6) is 0 Å². The normalized spacial score (nSPS) is 22.6. The molecule has 1 aromatic rings. The lowest BCUT2D eigenvalue weighted by atomic mass is 10.1. The molecule has 0 aromatic carbocycles. The summed E-state index contributed by atoms with van der Waals surface area (Å²) in [7, 11) is 1.91. The summed E-state index contributed by atoms with van der Waals surface area (Å²) < 4.78 is 11.3. The molecule has 1 aromatic heterocycles. The smallest absolute Gasteiger partial charge is 0.233 e. The van der Waals surface area contributed by atoms with E-state index >= 15 is 0 Å². The molecule has 1 N–H and O–H groups in total.